The van der Waals surface area contributed by atoms with Crippen LogP contribution in [0, 0.1) is 5.92 Å². The van der Waals surface area contributed by atoms with E-state index in [4.69, 9.17) is 0 Å². The summed E-state index contributed by atoms with van der Waals surface area (Å²) in [6.45, 7) is 7.31. The van der Waals surface area contributed by atoms with Gasteiger partial charge in [0.05, 0.1) is 10.9 Å². The molecular formula is C20H27N5O3. The maximum atomic E-state index is 13.4. The van der Waals surface area contributed by atoms with E-state index in [1.54, 1.807) is 11.0 Å². The number of aromatic amines is 1. The van der Waals surface area contributed by atoms with E-state index in [2.05, 4.69) is 15.3 Å². The Morgan fingerprint density at radius 2 is 2.04 bits per heavy atom. The molecule has 28 heavy (non-hydrogen) atoms. The van der Waals surface area contributed by atoms with Gasteiger partial charge in [0.25, 0.3) is 11.5 Å². The fraction of sp³-hybridized carbons (Fsp3) is 0.600. The van der Waals surface area contributed by atoms with Gasteiger partial charge < -0.3 is 10.2 Å². The van der Waals surface area contributed by atoms with Crippen LogP contribution in [-0.2, 0) is 6.54 Å². The van der Waals surface area contributed by atoms with Gasteiger partial charge in [-0.2, -0.15) is 0 Å². The topological polar surface area (TPSA) is 100 Å². The number of nitrogens with zero attached hydrogens (tertiary/aromatic N) is 3. The Hall–Kier alpha value is -2.48. The summed E-state index contributed by atoms with van der Waals surface area (Å²) in [5, 5.41) is 3.52. The largest absolute Gasteiger partial charge is 0.337 e. The van der Waals surface area contributed by atoms with Crippen LogP contribution in [0.25, 0.3) is 11.0 Å². The SMILES string of the molecule is CC(C)Cn1c(=O)[nH]c(=O)c2c(C(=O)N3CCCNCC3)cc(C3CC3)nc21. The van der Waals surface area contributed by atoms with Gasteiger partial charge in [-0.25, -0.2) is 9.78 Å². The molecule has 2 aromatic rings. The predicted octanol–water partition coefficient (Wildman–Crippen LogP) is 1.05. The average Bonchev–Trinajstić information content (AvgIpc) is 3.50. The third kappa shape index (κ3) is 3.61. The van der Waals surface area contributed by atoms with Gasteiger partial charge >= 0.3 is 5.69 Å². The van der Waals surface area contributed by atoms with Crippen LogP contribution in [0.2, 0.25) is 0 Å². The van der Waals surface area contributed by atoms with E-state index in [9.17, 15) is 14.4 Å². The molecule has 8 nitrogen and oxygen atoms in total. The molecule has 0 radical (unpaired) electrons. The van der Waals surface area contributed by atoms with Crippen LogP contribution in [0.5, 0.6) is 0 Å². The van der Waals surface area contributed by atoms with Crippen LogP contribution < -0.4 is 16.6 Å². The summed E-state index contributed by atoms with van der Waals surface area (Å²) in [5.74, 6) is 0.357. The first kappa shape index (κ1) is 18.9. The lowest BCUT2D eigenvalue weighted by molar-refractivity contribution is 0.0768. The number of hydrogen-bond acceptors (Lipinski definition) is 5. The van der Waals surface area contributed by atoms with Crippen LogP contribution in [0.3, 0.4) is 0 Å². The number of rotatable bonds is 4. The maximum Gasteiger partial charge on any atom is 0.330 e. The van der Waals surface area contributed by atoms with Crippen molar-refractivity contribution in [3.63, 3.8) is 0 Å². The molecule has 0 unspecified atom stereocenters. The molecule has 1 aliphatic carbocycles. The van der Waals surface area contributed by atoms with E-state index in [0.29, 0.717) is 36.8 Å². The Morgan fingerprint density at radius 1 is 1.25 bits per heavy atom. The van der Waals surface area contributed by atoms with Gasteiger partial charge in [-0.3, -0.25) is 19.1 Å². The molecule has 2 aromatic heterocycles. The van der Waals surface area contributed by atoms with E-state index < -0.39 is 11.2 Å². The Kier molecular flexibility index (Phi) is 5.05. The van der Waals surface area contributed by atoms with E-state index in [1.165, 1.54) is 4.57 Å². The first-order valence-electron chi connectivity index (χ1n) is 10.1. The highest BCUT2D eigenvalue weighted by Gasteiger charge is 2.30. The molecule has 1 saturated carbocycles. The molecule has 3 heterocycles. The summed E-state index contributed by atoms with van der Waals surface area (Å²) in [4.78, 5) is 47.4. The summed E-state index contributed by atoms with van der Waals surface area (Å²) in [5.41, 5.74) is 0.511. The zero-order valence-corrected chi connectivity index (χ0v) is 16.5. The smallest absolute Gasteiger partial charge is 0.330 e. The number of carbonyl (C=O) groups excluding carboxylic acids is 1. The second-order valence-electron chi connectivity index (χ2n) is 8.23. The van der Waals surface area contributed by atoms with Gasteiger partial charge in [-0.1, -0.05) is 13.8 Å². The third-order valence-electron chi connectivity index (χ3n) is 5.37. The summed E-state index contributed by atoms with van der Waals surface area (Å²) in [7, 11) is 0. The molecule has 0 atom stereocenters. The van der Waals surface area contributed by atoms with E-state index in [1.807, 2.05) is 13.8 Å². The molecule has 0 aromatic carbocycles. The van der Waals surface area contributed by atoms with Gasteiger partial charge in [-0.05, 0) is 37.8 Å². The second-order valence-corrected chi connectivity index (χ2v) is 8.23. The summed E-state index contributed by atoms with van der Waals surface area (Å²) in [6.07, 6.45) is 2.92. The Balaban J connectivity index is 1.92. The first-order valence-corrected chi connectivity index (χ1v) is 10.1. The van der Waals surface area contributed by atoms with Crippen molar-refractivity contribution in [3.8, 4) is 0 Å². The van der Waals surface area contributed by atoms with Gasteiger partial charge in [0.1, 0.15) is 0 Å². The normalized spacial score (nSPS) is 17.9. The number of aromatic nitrogens is 3. The minimum Gasteiger partial charge on any atom is -0.337 e. The van der Waals surface area contributed by atoms with E-state index in [0.717, 1.165) is 38.0 Å². The molecule has 8 heteroatoms. The van der Waals surface area contributed by atoms with Crippen LogP contribution in [0.1, 0.15) is 55.1 Å². The molecule has 0 spiro atoms. The minimum absolute atomic E-state index is 0.154. The van der Waals surface area contributed by atoms with Crippen molar-refractivity contribution in [3.05, 3.63) is 38.2 Å². The number of hydrogen-bond donors (Lipinski definition) is 2. The first-order chi connectivity index (χ1) is 13.5. The molecule has 0 bridgehead atoms. The van der Waals surface area contributed by atoms with Crippen molar-refractivity contribution in [1.29, 1.82) is 0 Å². The Morgan fingerprint density at radius 3 is 2.75 bits per heavy atom. The quantitative estimate of drug-likeness (QED) is 0.820. The lowest BCUT2D eigenvalue weighted by Gasteiger charge is -2.21. The van der Waals surface area contributed by atoms with Crippen LogP contribution in [-0.4, -0.2) is 51.5 Å². The van der Waals surface area contributed by atoms with Crippen LogP contribution in [0.4, 0.5) is 0 Å². The molecule has 2 aliphatic rings. The highest BCUT2D eigenvalue weighted by atomic mass is 16.2. The summed E-state index contributed by atoms with van der Waals surface area (Å²) < 4.78 is 1.51. The maximum absolute atomic E-state index is 13.4. The Labute approximate surface area is 163 Å². The molecule has 4 rings (SSSR count). The summed E-state index contributed by atoms with van der Waals surface area (Å²) >= 11 is 0. The highest BCUT2D eigenvalue weighted by molar-refractivity contribution is 6.05. The van der Waals surface area contributed by atoms with Crippen molar-refractivity contribution < 1.29 is 4.79 Å². The predicted molar refractivity (Wildman–Crippen MR) is 107 cm³/mol. The lowest BCUT2D eigenvalue weighted by Crippen LogP contribution is -2.37. The molecule has 2 fully saturated rings. The molecular weight excluding hydrogens is 358 g/mol. The number of nitrogens with one attached hydrogen (secondary N) is 2. The van der Waals surface area contributed by atoms with Crippen molar-refractivity contribution in [2.24, 2.45) is 5.92 Å². The number of H-pyrrole nitrogens is 1. The van der Waals surface area contributed by atoms with Gasteiger partial charge in [0.15, 0.2) is 5.65 Å². The van der Waals surface area contributed by atoms with Gasteiger partial charge in [0.2, 0.25) is 0 Å². The van der Waals surface area contributed by atoms with Crippen LogP contribution in [0.15, 0.2) is 15.7 Å². The highest BCUT2D eigenvalue weighted by Crippen LogP contribution is 2.40. The third-order valence-corrected chi connectivity index (χ3v) is 5.37. The van der Waals surface area contributed by atoms with Crippen molar-refractivity contribution in [2.45, 2.75) is 45.6 Å². The van der Waals surface area contributed by atoms with Gasteiger partial charge in [-0.15, -0.1) is 0 Å². The summed E-state index contributed by atoms with van der Waals surface area (Å²) in [6, 6.07) is 1.78. The molecule has 1 saturated heterocycles. The van der Waals surface area contributed by atoms with Crippen molar-refractivity contribution >= 4 is 16.9 Å². The Bertz CT molecular complexity index is 1010. The minimum atomic E-state index is -0.536. The standard InChI is InChI=1S/C20H27N5O3/c1-12(2)11-25-17-16(18(26)23-20(25)28)14(10-15(22-17)13-4-5-13)19(27)24-8-3-6-21-7-9-24/h10,12-13,21H,3-9,11H2,1-2H3,(H,23,26,28). The fourth-order valence-electron chi connectivity index (χ4n) is 3.80. The van der Waals surface area contributed by atoms with E-state index >= 15 is 0 Å². The monoisotopic (exact) mass is 385 g/mol. The van der Waals surface area contributed by atoms with Crippen molar-refractivity contribution in [1.82, 2.24) is 24.8 Å². The number of carbonyl (C=O) groups is 1. The fourth-order valence-corrected chi connectivity index (χ4v) is 3.80. The van der Waals surface area contributed by atoms with Crippen molar-refractivity contribution in [2.75, 3.05) is 26.2 Å². The zero-order chi connectivity index (χ0) is 19.8. The molecule has 2 N–H and O–H groups in total. The molecule has 1 aliphatic heterocycles. The van der Waals surface area contributed by atoms with Gasteiger partial charge in [0, 0.05) is 37.8 Å². The zero-order valence-electron chi connectivity index (χ0n) is 16.5. The second kappa shape index (κ2) is 7.50. The molecule has 150 valence electrons. The van der Waals surface area contributed by atoms with E-state index in [-0.39, 0.29) is 17.2 Å². The molecule has 1 amide bonds. The average molecular weight is 385 g/mol. The number of pyridine rings is 1. The number of amides is 1. The number of fused-ring (bicyclic) bond motifs is 1. The van der Waals surface area contributed by atoms with Crippen LogP contribution >= 0.6 is 0 Å². The lowest BCUT2D eigenvalue weighted by atomic mass is 10.1.